The van der Waals surface area contributed by atoms with Crippen LogP contribution < -0.4 is 0 Å². The Morgan fingerprint density at radius 3 is 2.55 bits per heavy atom. The minimum absolute atomic E-state index is 0.259. The van der Waals surface area contributed by atoms with E-state index in [1.54, 1.807) is 0 Å². The topological polar surface area (TPSA) is 37.3 Å². The first-order chi connectivity index (χ1) is 10.3. The Balaban J connectivity index is 2.31. The van der Waals surface area contributed by atoms with E-state index < -0.39 is 5.97 Å². The molecule has 0 spiro atoms. The molecule has 0 unspecified atom stereocenters. The lowest BCUT2D eigenvalue weighted by Crippen LogP contribution is -2.25. The monoisotopic (exact) mass is 302 g/mol. The predicted molar refractivity (Wildman–Crippen MR) is 91.7 cm³/mol. The fourth-order valence-electron chi connectivity index (χ4n) is 4.00. The molecule has 0 amide bonds. The van der Waals surface area contributed by atoms with Gasteiger partial charge in [-0.3, -0.25) is 0 Å². The average molecular weight is 302 g/mol. The van der Waals surface area contributed by atoms with Gasteiger partial charge in [-0.2, -0.15) is 0 Å². The molecule has 0 aromatic carbocycles. The molecule has 0 radical (unpaired) electrons. The summed E-state index contributed by atoms with van der Waals surface area (Å²) in [4.78, 5) is 11.5. The molecule has 2 heteroatoms. The van der Waals surface area contributed by atoms with Crippen LogP contribution in [-0.4, -0.2) is 11.1 Å². The van der Waals surface area contributed by atoms with Crippen molar-refractivity contribution >= 4 is 5.97 Å². The number of aliphatic carboxylic acids is 1. The molecule has 0 saturated heterocycles. The highest BCUT2D eigenvalue weighted by atomic mass is 16.4. The van der Waals surface area contributed by atoms with Crippen LogP contribution in [0.5, 0.6) is 0 Å². The maximum absolute atomic E-state index is 11.5. The lowest BCUT2D eigenvalue weighted by Gasteiger charge is -2.34. The molecule has 2 aliphatic rings. The first-order valence-electron chi connectivity index (χ1n) is 8.61. The Morgan fingerprint density at radius 1 is 1.23 bits per heavy atom. The number of carboxylic acid groups (broad SMARTS) is 1. The van der Waals surface area contributed by atoms with Gasteiger partial charge in [-0.25, -0.2) is 4.79 Å². The van der Waals surface area contributed by atoms with E-state index in [9.17, 15) is 9.90 Å². The number of hydrogen-bond acceptors (Lipinski definition) is 1. The summed E-state index contributed by atoms with van der Waals surface area (Å²) in [7, 11) is 0. The first kappa shape index (κ1) is 17.1. The van der Waals surface area contributed by atoms with Crippen LogP contribution in [0.3, 0.4) is 0 Å². The lowest BCUT2D eigenvalue weighted by atomic mass is 9.70. The third kappa shape index (κ3) is 3.71. The standard InChI is InChI=1S/C20H30O2/c1-14(2)17-11-13-20(4)12-10-15(3)6-5-7-16(19(21)22)8-9-18(17)20/h7,10-11,14,18H,5-6,8-9,12-13H2,1-4H3,(H,21,22)/b15-10+,16-7-/t18-,20-/m1/s1. The van der Waals surface area contributed by atoms with Gasteiger partial charge in [-0.15, -0.1) is 0 Å². The summed E-state index contributed by atoms with van der Waals surface area (Å²) in [5.74, 6) is 0.326. The molecule has 0 fully saturated rings. The van der Waals surface area contributed by atoms with Crippen molar-refractivity contribution in [1.82, 2.24) is 0 Å². The molecule has 2 nitrogen and oxygen atoms in total. The highest BCUT2D eigenvalue weighted by molar-refractivity contribution is 5.86. The molecule has 0 saturated carbocycles. The molecular formula is C20H30O2. The summed E-state index contributed by atoms with van der Waals surface area (Å²) in [6.45, 7) is 9.08. The molecule has 122 valence electrons. The third-order valence-electron chi connectivity index (χ3n) is 5.54. The summed E-state index contributed by atoms with van der Waals surface area (Å²) < 4.78 is 0. The van der Waals surface area contributed by atoms with Crippen LogP contribution in [0.2, 0.25) is 0 Å². The van der Waals surface area contributed by atoms with Gasteiger partial charge in [0.1, 0.15) is 0 Å². The van der Waals surface area contributed by atoms with E-state index in [4.69, 9.17) is 0 Å². The zero-order valence-corrected chi connectivity index (χ0v) is 14.5. The third-order valence-corrected chi connectivity index (χ3v) is 5.54. The van der Waals surface area contributed by atoms with E-state index in [1.807, 2.05) is 6.08 Å². The first-order valence-corrected chi connectivity index (χ1v) is 8.61. The Kier molecular flexibility index (Phi) is 5.31. The van der Waals surface area contributed by atoms with Crippen LogP contribution in [0.15, 0.2) is 34.9 Å². The molecule has 2 atom stereocenters. The minimum atomic E-state index is -0.740. The Morgan fingerprint density at radius 2 is 1.91 bits per heavy atom. The van der Waals surface area contributed by atoms with Gasteiger partial charge in [-0.1, -0.05) is 50.1 Å². The van der Waals surface area contributed by atoms with Crippen LogP contribution in [0.1, 0.15) is 66.2 Å². The molecule has 1 N–H and O–H groups in total. The molecule has 22 heavy (non-hydrogen) atoms. The van der Waals surface area contributed by atoms with Gasteiger partial charge in [-0.05, 0) is 62.7 Å². The van der Waals surface area contributed by atoms with Crippen molar-refractivity contribution in [2.75, 3.05) is 0 Å². The van der Waals surface area contributed by atoms with Crippen LogP contribution in [0, 0.1) is 17.3 Å². The van der Waals surface area contributed by atoms with Crippen LogP contribution in [0.4, 0.5) is 0 Å². The van der Waals surface area contributed by atoms with E-state index in [0.717, 1.165) is 32.1 Å². The smallest absolute Gasteiger partial charge is 0.331 e. The van der Waals surface area contributed by atoms with Crippen LogP contribution in [-0.2, 0) is 4.79 Å². The van der Waals surface area contributed by atoms with E-state index in [2.05, 4.69) is 39.8 Å². The van der Waals surface area contributed by atoms with Gasteiger partial charge in [0.2, 0.25) is 0 Å². The number of carbonyl (C=O) groups is 1. The second-order valence-electron chi connectivity index (χ2n) is 7.64. The van der Waals surface area contributed by atoms with Crippen molar-refractivity contribution in [3.05, 3.63) is 34.9 Å². The highest BCUT2D eigenvalue weighted by Gasteiger charge is 2.40. The Bertz CT molecular complexity index is 522. The number of hydrogen-bond donors (Lipinski definition) is 1. The summed E-state index contributed by atoms with van der Waals surface area (Å²) in [5, 5.41) is 9.44. The second-order valence-corrected chi connectivity index (χ2v) is 7.64. The normalized spacial score (nSPS) is 34.8. The van der Waals surface area contributed by atoms with E-state index in [-0.39, 0.29) is 5.41 Å². The van der Waals surface area contributed by atoms with E-state index in [0.29, 0.717) is 23.8 Å². The van der Waals surface area contributed by atoms with Gasteiger partial charge in [0.25, 0.3) is 0 Å². The van der Waals surface area contributed by atoms with Gasteiger partial charge in [0, 0.05) is 5.57 Å². The maximum atomic E-state index is 11.5. The van der Waals surface area contributed by atoms with Gasteiger partial charge in [0.15, 0.2) is 0 Å². The molecule has 0 bridgehead atoms. The molecule has 2 aliphatic carbocycles. The zero-order valence-electron chi connectivity index (χ0n) is 14.5. The molecule has 0 aromatic rings. The summed E-state index contributed by atoms with van der Waals surface area (Å²) >= 11 is 0. The average Bonchev–Trinajstić information content (AvgIpc) is 2.76. The van der Waals surface area contributed by atoms with Crippen molar-refractivity contribution in [3.8, 4) is 0 Å². The molecular weight excluding hydrogens is 272 g/mol. The lowest BCUT2D eigenvalue weighted by molar-refractivity contribution is -0.132. The van der Waals surface area contributed by atoms with Gasteiger partial charge in [0.05, 0.1) is 0 Å². The summed E-state index contributed by atoms with van der Waals surface area (Å²) in [5.41, 5.74) is 3.79. The minimum Gasteiger partial charge on any atom is -0.478 e. The quantitative estimate of drug-likeness (QED) is 0.682. The predicted octanol–water partition coefficient (Wildman–Crippen LogP) is 5.52. The fourth-order valence-corrected chi connectivity index (χ4v) is 4.00. The van der Waals surface area contributed by atoms with Crippen molar-refractivity contribution < 1.29 is 9.90 Å². The van der Waals surface area contributed by atoms with E-state index >= 15 is 0 Å². The number of carboxylic acids is 1. The van der Waals surface area contributed by atoms with E-state index in [1.165, 1.54) is 11.1 Å². The Labute approximate surface area is 135 Å². The van der Waals surface area contributed by atoms with Crippen molar-refractivity contribution in [2.45, 2.75) is 66.2 Å². The molecule has 0 heterocycles. The van der Waals surface area contributed by atoms with Gasteiger partial charge < -0.3 is 5.11 Å². The largest absolute Gasteiger partial charge is 0.478 e. The molecule has 0 aromatic heterocycles. The summed E-state index contributed by atoms with van der Waals surface area (Å²) in [6, 6.07) is 0. The molecule has 2 rings (SSSR count). The van der Waals surface area contributed by atoms with Crippen molar-refractivity contribution in [1.29, 1.82) is 0 Å². The zero-order chi connectivity index (χ0) is 16.3. The highest BCUT2D eigenvalue weighted by Crippen LogP contribution is 2.50. The van der Waals surface area contributed by atoms with Crippen LogP contribution in [0.25, 0.3) is 0 Å². The fraction of sp³-hybridized carbons (Fsp3) is 0.650. The SMILES string of the molecule is C/C1=C\C[C@]2(C)CC=C(C(C)C)[C@H]2CC/C(C(=O)O)=C/CC1. The van der Waals surface area contributed by atoms with Crippen molar-refractivity contribution in [3.63, 3.8) is 0 Å². The maximum Gasteiger partial charge on any atom is 0.331 e. The van der Waals surface area contributed by atoms with Gasteiger partial charge >= 0.3 is 5.97 Å². The molecule has 0 aliphatic heterocycles. The Hall–Kier alpha value is -1.31. The second kappa shape index (κ2) is 6.85. The number of fused-ring (bicyclic) bond motifs is 1. The van der Waals surface area contributed by atoms with Crippen molar-refractivity contribution in [2.24, 2.45) is 17.3 Å². The number of allylic oxidation sites excluding steroid dienone is 5. The summed E-state index contributed by atoms with van der Waals surface area (Å²) in [6.07, 6.45) is 12.5. The van der Waals surface area contributed by atoms with Crippen LogP contribution >= 0.6 is 0 Å². The number of rotatable bonds is 2.